The van der Waals surface area contributed by atoms with Gasteiger partial charge in [0.05, 0.1) is 13.0 Å². The van der Waals surface area contributed by atoms with Gasteiger partial charge < -0.3 is 25.2 Å². The molecule has 0 amide bonds. The number of piperidine rings is 1. The van der Waals surface area contributed by atoms with Crippen LogP contribution in [0.4, 0.5) is 0 Å². The summed E-state index contributed by atoms with van der Waals surface area (Å²) < 4.78 is 5.07. The Morgan fingerprint density at radius 1 is 1.03 bits per heavy atom. The molecule has 0 spiro atoms. The minimum Gasteiger partial charge on any atom is -0.479 e. The lowest BCUT2D eigenvalue weighted by atomic mass is 9.76. The number of methoxy groups -OCH3 is 1. The standard InChI is InChI=1S/C16H21NO2.C4H6O6/c1-17-12-8-9-14(17)15(16(18)19-2)13(10-12)11-6-4-3-5-7-11;5-1(3(7)8)2(6)4(9)10/h3-7,12-15H,8-10H2,1-2H3;1-2,5-6H,(H,7,8)(H,9,10)/t12-,13+,14+,15-;/m0./s1. The van der Waals surface area contributed by atoms with Gasteiger partial charge in [0, 0.05) is 18.0 Å². The van der Waals surface area contributed by atoms with Gasteiger partial charge in [-0.25, -0.2) is 9.59 Å². The summed E-state index contributed by atoms with van der Waals surface area (Å²) >= 11 is 0. The maximum absolute atomic E-state index is 12.2. The number of rotatable bonds is 5. The number of carbonyl (C=O) groups excluding carboxylic acids is 1. The van der Waals surface area contributed by atoms with E-state index in [0.29, 0.717) is 18.0 Å². The van der Waals surface area contributed by atoms with E-state index in [9.17, 15) is 14.4 Å². The number of carboxylic acids is 2. The molecule has 3 rings (SSSR count). The van der Waals surface area contributed by atoms with E-state index < -0.39 is 24.1 Å². The molecular formula is C20H27NO8. The molecule has 2 bridgehead atoms. The van der Waals surface area contributed by atoms with Crippen molar-refractivity contribution in [1.82, 2.24) is 4.90 Å². The zero-order valence-corrected chi connectivity index (χ0v) is 16.3. The Kier molecular flexibility index (Phi) is 7.72. The first-order valence-electron chi connectivity index (χ1n) is 9.35. The minimum absolute atomic E-state index is 0.0175. The molecule has 9 heteroatoms. The minimum atomic E-state index is -2.27. The largest absolute Gasteiger partial charge is 0.479 e. The van der Waals surface area contributed by atoms with Crippen molar-refractivity contribution in [3.8, 4) is 0 Å². The van der Waals surface area contributed by atoms with Crippen LogP contribution >= 0.6 is 0 Å². The average molecular weight is 409 g/mol. The number of hydrogen-bond donors (Lipinski definition) is 4. The highest BCUT2D eigenvalue weighted by atomic mass is 16.5. The normalized spacial score (nSPS) is 27.9. The lowest BCUT2D eigenvalue weighted by Gasteiger charge is -2.41. The second-order valence-corrected chi connectivity index (χ2v) is 7.33. The highest BCUT2D eigenvalue weighted by Crippen LogP contribution is 2.46. The fraction of sp³-hybridized carbons (Fsp3) is 0.550. The van der Waals surface area contributed by atoms with Gasteiger partial charge in [0.25, 0.3) is 0 Å². The van der Waals surface area contributed by atoms with Gasteiger partial charge in [-0.3, -0.25) is 9.69 Å². The maximum atomic E-state index is 12.2. The second-order valence-electron chi connectivity index (χ2n) is 7.33. The molecule has 2 unspecified atom stereocenters. The fourth-order valence-corrected chi connectivity index (χ4v) is 4.24. The number of carbonyl (C=O) groups is 3. The molecule has 1 aromatic rings. The van der Waals surface area contributed by atoms with E-state index in [2.05, 4.69) is 36.2 Å². The Bertz CT molecular complexity index is 706. The van der Waals surface area contributed by atoms with Crippen molar-refractivity contribution in [2.75, 3.05) is 14.2 Å². The average Bonchev–Trinajstić information content (AvgIpc) is 2.95. The summed E-state index contributed by atoms with van der Waals surface area (Å²) in [6.07, 6.45) is -1.14. The summed E-state index contributed by atoms with van der Waals surface area (Å²) in [6, 6.07) is 11.4. The van der Waals surface area contributed by atoms with E-state index in [0.717, 1.165) is 12.8 Å². The van der Waals surface area contributed by atoms with Crippen molar-refractivity contribution in [2.24, 2.45) is 5.92 Å². The van der Waals surface area contributed by atoms with Crippen molar-refractivity contribution in [2.45, 2.75) is 49.5 Å². The first-order chi connectivity index (χ1) is 13.7. The first kappa shape index (κ1) is 22.8. The Hall–Kier alpha value is -2.49. The third-order valence-electron chi connectivity index (χ3n) is 5.77. The topological polar surface area (TPSA) is 145 Å². The molecule has 6 atom stereocenters. The maximum Gasteiger partial charge on any atom is 0.335 e. The Morgan fingerprint density at radius 3 is 2.07 bits per heavy atom. The van der Waals surface area contributed by atoms with Crippen LogP contribution in [0.2, 0.25) is 0 Å². The van der Waals surface area contributed by atoms with Gasteiger partial charge >= 0.3 is 17.9 Å². The van der Waals surface area contributed by atoms with E-state index in [-0.39, 0.29) is 11.9 Å². The molecule has 9 nitrogen and oxygen atoms in total. The number of fused-ring (bicyclic) bond motifs is 2. The summed E-state index contributed by atoms with van der Waals surface area (Å²) in [5.41, 5.74) is 1.28. The van der Waals surface area contributed by atoms with Gasteiger partial charge in [-0.1, -0.05) is 30.3 Å². The van der Waals surface area contributed by atoms with Gasteiger partial charge in [-0.05, 0) is 31.9 Å². The molecule has 2 saturated heterocycles. The third kappa shape index (κ3) is 5.11. The number of aliphatic hydroxyl groups excluding tert-OH is 2. The molecule has 0 saturated carbocycles. The predicted molar refractivity (Wildman–Crippen MR) is 101 cm³/mol. The number of aliphatic carboxylic acids is 2. The zero-order valence-electron chi connectivity index (χ0n) is 16.3. The molecule has 1 aromatic carbocycles. The van der Waals surface area contributed by atoms with Gasteiger partial charge in [0.1, 0.15) is 0 Å². The third-order valence-corrected chi connectivity index (χ3v) is 5.77. The first-order valence-corrected chi connectivity index (χ1v) is 9.35. The molecule has 160 valence electrons. The van der Waals surface area contributed by atoms with Crippen molar-refractivity contribution in [3.63, 3.8) is 0 Å². The summed E-state index contributed by atoms with van der Waals surface area (Å²) in [7, 11) is 3.66. The smallest absolute Gasteiger partial charge is 0.335 e. The summed E-state index contributed by atoms with van der Waals surface area (Å²) in [4.78, 5) is 34.2. The van der Waals surface area contributed by atoms with Gasteiger partial charge in [0.15, 0.2) is 12.2 Å². The lowest BCUT2D eigenvalue weighted by Crippen LogP contribution is -2.49. The molecular weight excluding hydrogens is 382 g/mol. The number of hydrogen-bond acceptors (Lipinski definition) is 7. The Morgan fingerprint density at radius 2 is 1.59 bits per heavy atom. The molecule has 29 heavy (non-hydrogen) atoms. The van der Waals surface area contributed by atoms with Gasteiger partial charge in [-0.2, -0.15) is 0 Å². The van der Waals surface area contributed by atoms with Crippen LogP contribution in [-0.4, -0.2) is 81.7 Å². The number of ether oxygens (including phenoxy) is 1. The van der Waals surface area contributed by atoms with Crippen molar-refractivity contribution in [3.05, 3.63) is 35.9 Å². The molecule has 0 radical (unpaired) electrons. The highest BCUT2D eigenvalue weighted by Gasteiger charge is 2.49. The monoisotopic (exact) mass is 409 g/mol. The number of aliphatic hydroxyl groups is 2. The quantitative estimate of drug-likeness (QED) is 0.505. The van der Waals surface area contributed by atoms with E-state index in [1.807, 2.05) is 6.07 Å². The predicted octanol–water partition coefficient (Wildman–Crippen LogP) is 0.303. The second kappa shape index (κ2) is 9.82. The number of carboxylic acid groups (broad SMARTS) is 2. The van der Waals surface area contributed by atoms with Gasteiger partial charge in [-0.15, -0.1) is 0 Å². The summed E-state index contributed by atoms with van der Waals surface area (Å²) in [6.45, 7) is 0. The van der Waals surface area contributed by atoms with E-state index in [1.54, 1.807) is 0 Å². The zero-order chi connectivity index (χ0) is 21.7. The van der Waals surface area contributed by atoms with E-state index in [1.165, 1.54) is 19.1 Å². The van der Waals surface area contributed by atoms with Crippen LogP contribution in [0.25, 0.3) is 0 Å². The van der Waals surface area contributed by atoms with Crippen LogP contribution in [0, 0.1) is 5.92 Å². The van der Waals surface area contributed by atoms with Crippen LogP contribution in [0.1, 0.15) is 30.7 Å². The van der Waals surface area contributed by atoms with Gasteiger partial charge in [0.2, 0.25) is 0 Å². The molecule has 2 heterocycles. The number of esters is 1. The molecule has 2 aliphatic heterocycles. The highest BCUT2D eigenvalue weighted by molar-refractivity contribution is 5.83. The Labute approximate surface area is 168 Å². The molecule has 2 aliphatic rings. The van der Waals surface area contributed by atoms with Crippen molar-refractivity contribution in [1.29, 1.82) is 0 Å². The Balaban J connectivity index is 0.000000257. The van der Waals surface area contributed by atoms with Crippen LogP contribution in [0.15, 0.2) is 30.3 Å². The molecule has 2 fully saturated rings. The van der Waals surface area contributed by atoms with Crippen LogP contribution < -0.4 is 0 Å². The number of nitrogens with zero attached hydrogens (tertiary/aromatic N) is 1. The van der Waals surface area contributed by atoms with Crippen LogP contribution in [0.3, 0.4) is 0 Å². The van der Waals surface area contributed by atoms with E-state index in [4.69, 9.17) is 25.2 Å². The van der Waals surface area contributed by atoms with Crippen molar-refractivity contribution >= 4 is 17.9 Å². The molecule has 0 aliphatic carbocycles. The lowest BCUT2D eigenvalue weighted by molar-refractivity contribution is -0.165. The summed E-state index contributed by atoms with van der Waals surface area (Å²) in [5, 5.41) is 32.5. The SMILES string of the molecule is COC(=O)[C@H]1[C@@H](c2ccccc2)C[C@@H]2CC[C@H]1N2C.O=C(O)C(O)C(O)C(=O)O. The van der Waals surface area contributed by atoms with Crippen LogP contribution in [0.5, 0.6) is 0 Å². The number of benzene rings is 1. The molecule has 0 aromatic heterocycles. The van der Waals surface area contributed by atoms with E-state index >= 15 is 0 Å². The van der Waals surface area contributed by atoms with Crippen molar-refractivity contribution < 1.29 is 39.5 Å². The molecule has 4 N–H and O–H groups in total. The van der Waals surface area contributed by atoms with Crippen LogP contribution in [-0.2, 0) is 19.1 Å². The fourth-order valence-electron chi connectivity index (χ4n) is 4.24. The summed E-state index contributed by atoms with van der Waals surface area (Å²) in [5.74, 6) is -3.30.